The van der Waals surface area contributed by atoms with Crippen LogP contribution in [-0.4, -0.2) is 28.7 Å². The van der Waals surface area contributed by atoms with Crippen LogP contribution in [-0.2, 0) is 0 Å². The Hall–Kier alpha value is -3.84. The molecule has 1 aliphatic carbocycles. The number of anilines is 1. The van der Waals surface area contributed by atoms with Gasteiger partial charge in [0.05, 0.1) is 16.1 Å². The number of carboxylic acids is 2. The number of rotatable bonds is 5. The lowest BCUT2D eigenvalue weighted by atomic mass is 9.87. The van der Waals surface area contributed by atoms with Crippen molar-refractivity contribution in [3.63, 3.8) is 0 Å². The molecular weight excluding hydrogens is 434 g/mol. The third kappa shape index (κ3) is 3.46. The highest BCUT2D eigenvalue weighted by Gasteiger charge is 2.27. The van der Waals surface area contributed by atoms with E-state index in [4.69, 9.17) is 16.0 Å². The van der Waals surface area contributed by atoms with E-state index in [9.17, 15) is 24.6 Å². The molecule has 7 nitrogen and oxygen atoms in total. The standard InChI is InChI=1S/C24H18ClNO6/c1-3-26-17-9-19-14(7-11(17)2)22(15-8-16(25)18(27)10-20(15)32-19)21-12(23(28)29)5-4-6-13(21)24(30)31/h4-10,26H,3H2,1-2H3,(H,28,29)(H,30,31). The summed E-state index contributed by atoms with van der Waals surface area (Å²) in [5, 5.41) is 23.3. The second-order valence-corrected chi connectivity index (χ2v) is 7.70. The SMILES string of the molecule is CCNc1cc2oc3cc(=O)c(Cl)cc-3c(-c3c(C(=O)O)cccc3C(=O)O)c2cc1C. The molecule has 2 aromatic rings. The summed E-state index contributed by atoms with van der Waals surface area (Å²) >= 11 is 6.10. The highest BCUT2D eigenvalue weighted by Crippen LogP contribution is 2.44. The minimum Gasteiger partial charge on any atom is -0.478 e. The van der Waals surface area contributed by atoms with Gasteiger partial charge in [-0.1, -0.05) is 17.7 Å². The van der Waals surface area contributed by atoms with Gasteiger partial charge in [0.25, 0.3) is 0 Å². The van der Waals surface area contributed by atoms with Crippen molar-refractivity contribution >= 4 is 40.2 Å². The van der Waals surface area contributed by atoms with Crippen LogP contribution < -0.4 is 10.7 Å². The number of aromatic carboxylic acids is 2. The van der Waals surface area contributed by atoms with Crippen LogP contribution in [0.4, 0.5) is 5.69 Å². The van der Waals surface area contributed by atoms with E-state index in [2.05, 4.69) is 5.32 Å². The number of hydrogen-bond acceptors (Lipinski definition) is 5. The van der Waals surface area contributed by atoms with E-state index in [0.717, 1.165) is 11.3 Å². The molecule has 0 radical (unpaired) electrons. The molecule has 0 aromatic heterocycles. The summed E-state index contributed by atoms with van der Waals surface area (Å²) in [5.74, 6) is -2.39. The van der Waals surface area contributed by atoms with Crippen LogP contribution in [0.5, 0.6) is 0 Å². The molecule has 162 valence electrons. The van der Waals surface area contributed by atoms with Crippen molar-refractivity contribution in [1.82, 2.24) is 0 Å². The lowest BCUT2D eigenvalue weighted by molar-refractivity contribution is 0.0696. The van der Waals surface area contributed by atoms with Gasteiger partial charge in [0.15, 0.2) is 0 Å². The maximum atomic E-state index is 12.2. The zero-order valence-corrected chi connectivity index (χ0v) is 17.9. The minimum absolute atomic E-state index is 0.0172. The summed E-state index contributed by atoms with van der Waals surface area (Å²) in [6.07, 6.45) is 0. The smallest absolute Gasteiger partial charge is 0.336 e. The lowest BCUT2D eigenvalue weighted by Gasteiger charge is -2.20. The molecule has 4 rings (SSSR count). The van der Waals surface area contributed by atoms with Crippen LogP contribution in [0.2, 0.25) is 5.02 Å². The van der Waals surface area contributed by atoms with Crippen LogP contribution in [0.15, 0.2) is 51.7 Å². The predicted octanol–water partition coefficient (Wildman–Crippen LogP) is 5.35. The van der Waals surface area contributed by atoms with Crippen molar-refractivity contribution in [2.75, 3.05) is 11.9 Å². The van der Waals surface area contributed by atoms with Gasteiger partial charge >= 0.3 is 11.9 Å². The van der Waals surface area contributed by atoms with E-state index in [1.807, 2.05) is 13.8 Å². The summed E-state index contributed by atoms with van der Waals surface area (Å²) in [5.41, 5.74) is 1.87. The number of nitrogens with one attached hydrogen (secondary N) is 1. The van der Waals surface area contributed by atoms with E-state index in [1.54, 1.807) is 12.1 Å². The topological polar surface area (TPSA) is 117 Å². The van der Waals surface area contributed by atoms with Crippen molar-refractivity contribution in [3.05, 3.63) is 74.4 Å². The van der Waals surface area contributed by atoms with Gasteiger partial charge < -0.3 is 19.9 Å². The molecule has 1 heterocycles. The molecule has 0 saturated heterocycles. The van der Waals surface area contributed by atoms with Crippen LogP contribution >= 0.6 is 11.6 Å². The van der Waals surface area contributed by atoms with Gasteiger partial charge in [-0.3, -0.25) is 4.79 Å². The van der Waals surface area contributed by atoms with E-state index in [1.165, 1.54) is 30.3 Å². The minimum atomic E-state index is -1.28. The Morgan fingerprint density at radius 1 is 1.03 bits per heavy atom. The molecule has 8 heteroatoms. The average molecular weight is 452 g/mol. The van der Waals surface area contributed by atoms with E-state index in [-0.39, 0.29) is 27.5 Å². The fourth-order valence-corrected chi connectivity index (χ4v) is 4.04. The third-order valence-corrected chi connectivity index (χ3v) is 5.56. The maximum Gasteiger partial charge on any atom is 0.336 e. The zero-order chi connectivity index (χ0) is 23.2. The molecule has 0 unspecified atom stereocenters. The number of carbonyl (C=O) groups is 2. The number of fused-ring (bicyclic) bond motifs is 2. The van der Waals surface area contributed by atoms with Crippen molar-refractivity contribution < 1.29 is 24.2 Å². The maximum absolute atomic E-state index is 12.2. The number of carboxylic acid groups (broad SMARTS) is 2. The Kier molecular flexibility index (Phi) is 5.36. The molecule has 0 fully saturated rings. The van der Waals surface area contributed by atoms with Gasteiger partial charge in [-0.2, -0.15) is 0 Å². The average Bonchev–Trinajstić information content (AvgIpc) is 2.74. The quantitative estimate of drug-likeness (QED) is 0.350. The molecule has 2 aromatic carbocycles. The molecule has 2 aliphatic rings. The number of benzene rings is 3. The molecular formula is C24H18ClNO6. The fraction of sp³-hybridized carbons (Fsp3) is 0.125. The molecule has 1 aliphatic heterocycles. The van der Waals surface area contributed by atoms with E-state index < -0.39 is 17.4 Å². The van der Waals surface area contributed by atoms with Gasteiger partial charge in [0, 0.05) is 46.4 Å². The highest BCUT2D eigenvalue weighted by atomic mass is 35.5. The lowest BCUT2D eigenvalue weighted by Crippen LogP contribution is -2.09. The summed E-state index contributed by atoms with van der Waals surface area (Å²) < 4.78 is 5.99. The first-order valence-corrected chi connectivity index (χ1v) is 10.1. The molecule has 0 amide bonds. The molecule has 0 spiro atoms. The Morgan fingerprint density at radius 3 is 2.28 bits per heavy atom. The Bertz CT molecular complexity index is 1410. The first kappa shape index (κ1) is 21.4. The van der Waals surface area contributed by atoms with Gasteiger partial charge in [0.1, 0.15) is 11.3 Å². The predicted molar refractivity (Wildman–Crippen MR) is 122 cm³/mol. The van der Waals surface area contributed by atoms with E-state index in [0.29, 0.717) is 28.6 Å². The second kappa shape index (κ2) is 8.01. The zero-order valence-electron chi connectivity index (χ0n) is 17.2. The number of halogens is 1. The Labute approximate surface area is 187 Å². The normalized spacial score (nSPS) is 11.1. The first-order chi connectivity index (χ1) is 15.2. The second-order valence-electron chi connectivity index (χ2n) is 7.29. The molecule has 0 saturated carbocycles. The van der Waals surface area contributed by atoms with Crippen LogP contribution in [0.1, 0.15) is 33.2 Å². The molecule has 32 heavy (non-hydrogen) atoms. The van der Waals surface area contributed by atoms with Gasteiger partial charge in [0.2, 0.25) is 5.43 Å². The van der Waals surface area contributed by atoms with Crippen LogP contribution in [0.3, 0.4) is 0 Å². The van der Waals surface area contributed by atoms with Crippen molar-refractivity contribution in [2.45, 2.75) is 13.8 Å². The highest BCUT2D eigenvalue weighted by molar-refractivity contribution is 6.31. The summed E-state index contributed by atoms with van der Waals surface area (Å²) in [4.78, 5) is 36.3. The van der Waals surface area contributed by atoms with Crippen molar-refractivity contribution in [3.8, 4) is 22.5 Å². The summed E-state index contributed by atoms with van der Waals surface area (Å²) in [6.45, 7) is 4.49. The Balaban J connectivity index is 2.28. The summed E-state index contributed by atoms with van der Waals surface area (Å²) in [6, 6.07) is 10.2. The first-order valence-electron chi connectivity index (χ1n) is 9.77. The van der Waals surface area contributed by atoms with Gasteiger partial charge in [-0.05, 0) is 43.7 Å². The third-order valence-electron chi connectivity index (χ3n) is 5.26. The van der Waals surface area contributed by atoms with Crippen LogP contribution in [0.25, 0.3) is 33.4 Å². The molecule has 0 bridgehead atoms. The monoisotopic (exact) mass is 451 g/mol. The Morgan fingerprint density at radius 2 is 1.69 bits per heavy atom. The summed E-state index contributed by atoms with van der Waals surface area (Å²) in [7, 11) is 0. The molecule has 0 atom stereocenters. The van der Waals surface area contributed by atoms with Gasteiger partial charge in [-0.15, -0.1) is 0 Å². The number of hydrogen-bond donors (Lipinski definition) is 3. The molecule has 3 N–H and O–H groups in total. The largest absolute Gasteiger partial charge is 0.478 e. The van der Waals surface area contributed by atoms with Crippen molar-refractivity contribution in [2.24, 2.45) is 0 Å². The van der Waals surface area contributed by atoms with Gasteiger partial charge in [-0.25, -0.2) is 9.59 Å². The van der Waals surface area contributed by atoms with Crippen LogP contribution in [0, 0.1) is 6.92 Å². The fourth-order valence-electron chi connectivity index (χ4n) is 3.87. The van der Waals surface area contributed by atoms with Crippen molar-refractivity contribution in [1.29, 1.82) is 0 Å². The van der Waals surface area contributed by atoms with E-state index >= 15 is 0 Å². The number of aryl methyl sites for hydroxylation is 1.